The maximum Gasteiger partial charge on any atom is 0.232 e. The summed E-state index contributed by atoms with van der Waals surface area (Å²) in [4.78, 5) is 16.7. The summed E-state index contributed by atoms with van der Waals surface area (Å²) >= 11 is 7.43. The maximum atomic E-state index is 13.8. The van der Waals surface area contributed by atoms with Gasteiger partial charge in [-0.2, -0.15) is 0 Å². The van der Waals surface area contributed by atoms with Gasteiger partial charge < -0.3 is 14.4 Å². The Labute approximate surface area is 178 Å². The van der Waals surface area contributed by atoms with Gasteiger partial charge in [0, 0.05) is 49.1 Å². The van der Waals surface area contributed by atoms with Crippen molar-refractivity contribution in [1.82, 2.24) is 9.80 Å². The molecule has 1 saturated heterocycles. The average molecular weight is 437 g/mol. The number of amides is 1. The van der Waals surface area contributed by atoms with E-state index in [9.17, 15) is 9.18 Å². The lowest BCUT2D eigenvalue weighted by atomic mass is 10.1. The van der Waals surface area contributed by atoms with Gasteiger partial charge in [-0.05, 0) is 29.8 Å². The second-order valence-electron chi connectivity index (χ2n) is 7.04. The molecule has 2 aromatic carbocycles. The van der Waals surface area contributed by atoms with Gasteiger partial charge >= 0.3 is 0 Å². The zero-order chi connectivity index (χ0) is 20.2. The molecule has 154 valence electrons. The first-order valence-electron chi connectivity index (χ1n) is 9.49. The van der Waals surface area contributed by atoms with E-state index in [0.29, 0.717) is 35.2 Å². The highest BCUT2D eigenvalue weighted by Gasteiger charge is 2.22. The average Bonchev–Trinajstić information content (AvgIpc) is 3.18. The van der Waals surface area contributed by atoms with Gasteiger partial charge in [0.25, 0.3) is 0 Å². The second kappa shape index (κ2) is 9.24. The number of rotatable bonds is 6. The fourth-order valence-corrected chi connectivity index (χ4v) is 4.72. The van der Waals surface area contributed by atoms with Gasteiger partial charge in [-0.25, -0.2) is 4.39 Å². The van der Waals surface area contributed by atoms with E-state index >= 15 is 0 Å². The van der Waals surface area contributed by atoms with Crippen LogP contribution in [0.15, 0.2) is 36.4 Å². The molecule has 0 bridgehead atoms. The molecule has 0 spiro atoms. The maximum absolute atomic E-state index is 13.8. The molecule has 29 heavy (non-hydrogen) atoms. The lowest BCUT2D eigenvalue weighted by Crippen LogP contribution is -2.48. The molecule has 8 heteroatoms. The second-order valence-corrected chi connectivity index (χ2v) is 8.43. The van der Waals surface area contributed by atoms with E-state index in [0.717, 1.165) is 31.1 Å². The van der Waals surface area contributed by atoms with Crippen LogP contribution in [0.3, 0.4) is 0 Å². The Hall–Kier alpha value is -1.96. The van der Waals surface area contributed by atoms with Crippen molar-refractivity contribution < 1.29 is 18.7 Å². The van der Waals surface area contributed by atoms with Crippen molar-refractivity contribution >= 4 is 29.3 Å². The van der Waals surface area contributed by atoms with Crippen LogP contribution in [0.4, 0.5) is 4.39 Å². The molecule has 5 nitrogen and oxygen atoms in total. The molecule has 2 aromatic rings. The third-order valence-corrected chi connectivity index (χ3v) is 6.40. The van der Waals surface area contributed by atoms with E-state index in [2.05, 4.69) is 11.0 Å². The number of hydrogen-bond donors (Lipinski definition) is 0. The van der Waals surface area contributed by atoms with Gasteiger partial charge in [-0.1, -0.05) is 23.7 Å². The van der Waals surface area contributed by atoms with Crippen LogP contribution in [0, 0.1) is 5.82 Å². The SMILES string of the molecule is O=C(CSCc1c(F)cccc1Cl)N1CCN(Cc2ccc3c(c2)OCO3)CC1. The number of thioether (sulfide) groups is 1. The first-order chi connectivity index (χ1) is 14.1. The Balaban J connectivity index is 1.21. The topological polar surface area (TPSA) is 42.0 Å². The minimum Gasteiger partial charge on any atom is -0.454 e. The normalized spacial score (nSPS) is 16.3. The van der Waals surface area contributed by atoms with Crippen molar-refractivity contribution in [2.75, 3.05) is 38.7 Å². The zero-order valence-corrected chi connectivity index (χ0v) is 17.5. The standard InChI is InChI=1S/C21H22ClFN2O3S/c22-17-2-1-3-18(23)16(17)12-29-13-21(26)25-8-6-24(7-9-25)11-15-4-5-19-20(10-15)28-14-27-19/h1-5,10H,6-9,11-14H2. The largest absolute Gasteiger partial charge is 0.454 e. The number of hydrogen-bond acceptors (Lipinski definition) is 5. The summed E-state index contributed by atoms with van der Waals surface area (Å²) in [6.07, 6.45) is 0. The Kier molecular flexibility index (Phi) is 6.47. The van der Waals surface area contributed by atoms with Crippen molar-refractivity contribution in [2.45, 2.75) is 12.3 Å². The summed E-state index contributed by atoms with van der Waals surface area (Å²) in [7, 11) is 0. The molecule has 0 atom stereocenters. The zero-order valence-electron chi connectivity index (χ0n) is 15.9. The lowest BCUT2D eigenvalue weighted by Gasteiger charge is -2.34. The Morgan fingerprint density at radius 1 is 1.10 bits per heavy atom. The monoisotopic (exact) mass is 436 g/mol. The summed E-state index contributed by atoms with van der Waals surface area (Å²) in [6.45, 7) is 4.14. The lowest BCUT2D eigenvalue weighted by molar-refractivity contribution is -0.130. The number of benzene rings is 2. The highest BCUT2D eigenvalue weighted by molar-refractivity contribution is 7.99. The minimum atomic E-state index is -0.324. The van der Waals surface area contributed by atoms with Gasteiger partial charge in [0.2, 0.25) is 12.7 Å². The summed E-state index contributed by atoms with van der Waals surface area (Å²) in [5.41, 5.74) is 1.63. The predicted octanol–water partition coefficient (Wildman–Crippen LogP) is 3.79. The van der Waals surface area contributed by atoms with Crippen molar-refractivity contribution in [3.05, 3.63) is 58.4 Å². The van der Waals surface area contributed by atoms with Crippen molar-refractivity contribution in [1.29, 1.82) is 0 Å². The van der Waals surface area contributed by atoms with E-state index in [1.807, 2.05) is 17.0 Å². The smallest absolute Gasteiger partial charge is 0.232 e. The molecule has 1 amide bonds. The number of halogens is 2. The molecule has 2 heterocycles. The fraction of sp³-hybridized carbons (Fsp3) is 0.381. The highest BCUT2D eigenvalue weighted by atomic mass is 35.5. The molecular weight excluding hydrogens is 415 g/mol. The molecule has 2 aliphatic rings. The van der Waals surface area contributed by atoms with Crippen LogP contribution in [0.1, 0.15) is 11.1 Å². The molecule has 0 aliphatic carbocycles. The van der Waals surface area contributed by atoms with Crippen molar-refractivity contribution in [2.24, 2.45) is 0 Å². The predicted molar refractivity (Wildman–Crippen MR) is 112 cm³/mol. The van der Waals surface area contributed by atoms with Crippen molar-refractivity contribution in [3.8, 4) is 11.5 Å². The first-order valence-corrected chi connectivity index (χ1v) is 11.0. The molecule has 2 aliphatic heterocycles. The third-order valence-electron chi connectivity index (χ3n) is 5.10. The van der Waals surface area contributed by atoms with Crippen LogP contribution in [-0.2, 0) is 17.1 Å². The van der Waals surface area contributed by atoms with Gasteiger partial charge in [0.05, 0.1) is 5.75 Å². The van der Waals surface area contributed by atoms with Gasteiger partial charge in [-0.3, -0.25) is 9.69 Å². The molecule has 0 radical (unpaired) electrons. The van der Waals surface area contributed by atoms with Gasteiger partial charge in [0.1, 0.15) is 5.82 Å². The molecule has 4 rings (SSSR count). The van der Waals surface area contributed by atoms with Crippen LogP contribution < -0.4 is 9.47 Å². The summed E-state index contributed by atoms with van der Waals surface area (Å²) < 4.78 is 24.6. The highest BCUT2D eigenvalue weighted by Crippen LogP contribution is 2.33. The van der Waals surface area contributed by atoms with E-state index in [4.69, 9.17) is 21.1 Å². The van der Waals surface area contributed by atoms with Crippen LogP contribution in [0.2, 0.25) is 5.02 Å². The summed E-state index contributed by atoms with van der Waals surface area (Å²) in [6, 6.07) is 10.7. The molecule has 0 aromatic heterocycles. The fourth-order valence-electron chi connectivity index (χ4n) is 3.45. The molecule has 0 saturated carbocycles. The van der Waals surface area contributed by atoms with E-state index in [-0.39, 0.29) is 18.5 Å². The van der Waals surface area contributed by atoms with Crippen molar-refractivity contribution in [3.63, 3.8) is 0 Å². The number of ether oxygens (including phenoxy) is 2. The van der Waals surface area contributed by atoms with Crippen LogP contribution >= 0.6 is 23.4 Å². The first kappa shape index (κ1) is 20.3. The van der Waals surface area contributed by atoms with E-state index in [1.165, 1.54) is 23.4 Å². The van der Waals surface area contributed by atoms with Gasteiger partial charge in [0.15, 0.2) is 11.5 Å². The molecule has 0 N–H and O–H groups in total. The van der Waals surface area contributed by atoms with Gasteiger partial charge in [-0.15, -0.1) is 11.8 Å². The molecular formula is C21H22ClFN2O3S. The minimum absolute atomic E-state index is 0.0881. The van der Waals surface area contributed by atoms with E-state index in [1.54, 1.807) is 12.1 Å². The number of fused-ring (bicyclic) bond motifs is 1. The van der Waals surface area contributed by atoms with Crippen LogP contribution in [0.5, 0.6) is 11.5 Å². The van der Waals surface area contributed by atoms with E-state index < -0.39 is 0 Å². The Morgan fingerprint density at radius 3 is 2.69 bits per heavy atom. The van der Waals surface area contributed by atoms with Crippen LogP contribution in [0.25, 0.3) is 0 Å². The Morgan fingerprint density at radius 2 is 1.90 bits per heavy atom. The van der Waals surface area contributed by atoms with Crippen LogP contribution in [-0.4, -0.2) is 54.4 Å². The number of carbonyl (C=O) groups is 1. The third kappa shape index (κ3) is 4.97. The number of nitrogens with zero attached hydrogens (tertiary/aromatic N) is 2. The number of carbonyl (C=O) groups excluding carboxylic acids is 1. The molecule has 0 unspecified atom stereocenters. The number of piperazine rings is 1. The quantitative estimate of drug-likeness (QED) is 0.689. The Bertz CT molecular complexity index is 870. The summed E-state index contributed by atoms with van der Waals surface area (Å²) in [5.74, 6) is 2.06. The molecule has 1 fully saturated rings. The summed E-state index contributed by atoms with van der Waals surface area (Å²) in [5, 5.41) is 0.405.